The number of amides is 1. The number of carbonyl (C=O) groups is 3. The average Bonchev–Trinajstić information content (AvgIpc) is 2.56. The quantitative estimate of drug-likeness (QED) is 0.171. The molecule has 26 heavy (non-hydrogen) atoms. The predicted octanol–water partition coefficient (Wildman–Crippen LogP) is -3.73. The van der Waals surface area contributed by atoms with Crippen molar-refractivity contribution in [2.24, 2.45) is 0 Å². The van der Waals surface area contributed by atoms with Crippen molar-refractivity contribution < 1.29 is 63.7 Å². The van der Waals surface area contributed by atoms with E-state index in [-0.39, 0.29) is 61.7 Å². The van der Waals surface area contributed by atoms with Crippen LogP contribution >= 0.6 is 0 Å². The van der Waals surface area contributed by atoms with Crippen LogP contribution in [0, 0.1) is 0 Å². The van der Waals surface area contributed by atoms with Gasteiger partial charge >= 0.3 is 35.5 Å². The fourth-order valence-electron chi connectivity index (χ4n) is 2.83. The van der Waals surface area contributed by atoms with E-state index in [2.05, 4.69) is 5.32 Å². The van der Waals surface area contributed by atoms with Crippen LogP contribution in [-0.4, -0.2) is 70.9 Å². The number of quaternary nitrogens is 1. The molecule has 0 aromatic carbocycles. The second-order valence-corrected chi connectivity index (χ2v) is 6.05. The van der Waals surface area contributed by atoms with Crippen molar-refractivity contribution in [2.75, 3.05) is 26.2 Å². The van der Waals surface area contributed by atoms with Gasteiger partial charge in [0.25, 0.3) is 0 Å². The number of aliphatic hydroxyl groups is 1. The molecule has 0 heterocycles. The molecule has 0 aliphatic heterocycles. The van der Waals surface area contributed by atoms with Crippen molar-refractivity contribution in [1.82, 2.24) is 5.32 Å². The number of rotatable bonds is 13. The molecule has 1 amide bonds. The van der Waals surface area contributed by atoms with Gasteiger partial charge in [0.2, 0.25) is 5.91 Å². The maximum atomic E-state index is 11.8. The molecule has 0 rings (SSSR count). The van der Waals surface area contributed by atoms with Crippen molar-refractivity contribution in [3.63, 3.8) is 0 Å². The summed E-state index contributed by atoms with van der Waals surface area (Å²) in [6, 6.07) is -2.20. The van der Waals surface area contributed by atoms with Crippen molar-refractivity contribution in [3.05, 3.63) is 12.2 Å². The first-order valence-electron chi connectivity index (χ1n) is 8.55. The van der Waals surface area contributed by atoms with E-state index in [1.54, 1.807) is 0 Å². The molecule has 3 unspecified atom stereocenters. The third kappa shape index (κ3) is 8.64. The number of aliphatic hydroxyl groups excluding tert-OH is 1. The number of nitrogens with zero attached hydrogens (tertiary/aromatic N) is 1. The number of aliphatic carboxylic acids is 2. The Morgan fingerprint density at radius 3 is 2.23 bits per heavy atom. The summed E-state index contributed by atoms with van der Waals surface area (Å²) < 4.78 is -0.399. The minimum absolute atomic E-state index is 0. The molecular weight excluding hydrogens is 351 g/mol. The fourth-order valence-corrected chi connectivity index (χ4v) is 2.83. The van der Waals surface area contributed by atoms with Crippen LogP contribution in [0.5, 0.6) is 0 Å². The largest absolute Gasteiger partial charge is 1.00 e. The molecule has 0 aromatic rings. The van der Waals surface area contributed by atoms with Crippen LogP contribution < -0.4 is 40.0 Å². The maximum absolute atomic E-state index is 11.8. The van der Waals surface area contributed by atoms with Gasteiger partial charge in [0, 0.05) is 6.42 Å². The van der Waals surface area contributed by atoms with E-state index in [0.29, 0.717) is 12.8 Å². The van der Waals surface area contributed by atoms with Gasteiger partial charge in [-0.3, -0.25) is 4.79 Å². The van der Waals surface area contributed by atoms with Gasteiger partial charge in [-0.25, -0.2) is 4.79 Å². The maximum Gasteiger partial charge on any atom is 1.00 e. The van der Waals surface area contributed by atoms with Crippen LogP contribution in [0.4, 0.5) is 0 Å². The SMILES string of the molecule is CC/C=C/CCC(=O)NCC[N+](CCO)(C(C)C(=O)[O-])C(C)C(=O)O.[Na+]. The third-order valence-electron chi connectivity index (χ3n) is 4.55. The van der Waals surface area contributed by atoms with Crippen molar-refractivity contribution in [3.8, 4) is 0 Å². The van der Waals surface area contributed by atoms with E-state index in [4.69, 9.17) is 0 Å². The Morgan fingerprint density at radius 2 is 1.77 bits per heavy atom. The van der Waals surface area contributed by atoms with E-state index in [1.807, 2.05) is 19.1 Å². The number of hydrogen-bond acceptors (Lipinski definition) is 5. The second-order valence-electron chi connectivity index (χ2n) is 6.05. The molecule has 0 saturated heterocycles. The van der Waals surface area contributed by atoms with Crippen LogP contribution in [0.25, 0.3) is 0 Å². The number of nitrogens with one attached hydrogen (secondary N) is 1. The van der Waals surface area contributed by atoms with E-state index in [1.165, 1.54) is 13.8 Å². The first kappa shape index (κ1) is 27.3. The van der Waals surface area contributed by atoms with E-state index < -0.39 is 28.5 Å². The van der Waals surface area contributed by atoms with Crippen LogP contribution in [0.2, 0.25) is 0 Å². The summed E-state index contributed by atoms with van der Waals surface area (Å²) in [5.74, 6) is -2.75. The van der Waals surface area contributed by atoms with Crippen molar-refractivity contribution in [2.45, 2.75) is 52.1 Å². The second kappa shape index (κ2) is 14.2. The molecule has 0 spiro atoms. The van der Waals surface area contributed by atoms with Gasteiger partial charge in [0.1, 0.15) is 12.6 Å². The summed E-state index contributed by atoms with van der Waals surface area (Å²) in [5, 5.41) is 32.7. The molecule has 3 N–H and O–H groups in total. The molecule has 0 bridgehead atoms. The van der Waals surface area contributed by atoms with Gasteiger partial charge in [-0.15, -0.1) is 0 Å². The van der Waals surface area contributed by atoms with Crippen LogP contribution in [-0.2, 0) is 14.4 Å². The molecule has 9 heteroatoms. The summed E-state index contributed by atoms with van der Waals surface area (Å²) >= 11 is 0. The van der Waals surface area contributed by atoms with Crippen LogP contribution in [0.1, 0.15) is 40.0 Å². The van der Waals surface area contributed by atoms with Crippen LogP contribution in [0.15, 0.2) is 12.2 Å². The number of hydrogen-bond donors (Lipinski definition) is 3. The number of allylic oxidation sites excluding steroid dienone is 2. The Morgan fingerprint density at radius 1 is 1.15 bits per heavy atom. The molecule has 0 saturated carbocycles. The fraction of sp³-hybridized carbons (Fsp3) is 0.706. The van der Waals surface area contributed by atoms with Crippen LogP contribution in [0.3, 0.4) is 0 Å². The monoisotopic (exact) mass is 381 g/mol. The Bertz CT molecular complexity index is 464. The average molecular weight is 381 g/mol. The zero-order valence-electron chi connectivity index (χ0n) is 16.2. The van der Waals surface area contributed by atoms with Gasteiger partial charge in [-0.1, -0.05) is 19.1 Å². The standard InChI is InChI=1S/C17H30N2O6.Na/c1-4-5-6-7-8-15(21)18-9-10-19(11-12-20,13(2)16(22)23)14(3)17(24)25;/h5-6,13-14,20H,4,7-12H2,1-3H3,(H2-,18,21,22,23,24,25);/q;+1/b6-5+;. The Labute approximate surface area is 177 Å². The summed E-state index contributed by atoms with van der Waals surface area (Å²) in [5.41, 5.74) is 0. The first-order chi connectivity index (χ1) is 11.7. The number of carbonyl (C=O) groups excluding carboxylic acids is 2. The molecule has 0 radical (unpaired) electrons. The molecule has 0 aromatic heterocycles. The zero-order valence-corrected chi connectivity index (χ0v) is 18.2. The van der Waals surface area contributed by atoms with E-state index >= 15 is 0 Å². The Hall–Kier alpha value is -0.930. The van der Waals surface area contributed by atoms with Gasteiger partial charge in [0.15, 0.2) is 6.04 Å². The summed E-state index contributed by atoms with van der Waals surface area (Å²) in [6.45, 7) is 4.52. The molecule has 0 fully saturated rings. The Balaban J connectivity index is 0. The summed E-state index contributed by atoms with van der Waals surface area (Å²) in [7, 11) is 0. The topological polar surface area (TPSA) is 127 Å². The molecule has 8 nitrogen and oxygen atoms in total. The molecule has 3 atom stereocenters. The minimum atomic E-state index is -1.39. The molecule has 0 aliphatic carbocycles. The predicted molar refractivity (Wildman–Crippen MR) is 90.3 cm³/mol. The van der Waals surface area contributed by atoms with Gasteiger partial charge in [-0.2, -0.15) is 0 Å². The minimum Gasteiger partial charge on any atom is -0.544 e. The van der Waals surface area contributed by atoms with E-state index in [0.717, 1.165) is 6.42 Å². The molecule has 0 aliphatic rings. The van der Waals surface area contributed by atoms with Crippen molar-refractivity contribution >= 4 is 17.8 Å². The zero-order chi connectivity index (χ0) is 19.5. The number of carboxylic acids is 2. The molecular formula is C17H30N2NaO6+. The van der Waals surface area contributed by atoms with E-state index in [9.17, 15) is 29.7 Å². The first-order valence-corrected chi connectivity index (χ1v) is 8.55. The smallest absolute Gasteiger partial charge is 0.544 e. The van der Waals surface area contributed by atoms with Gasteiger partial charge in [0.05, 0.1) is 25.7 Å². The van der Waals surface area contributed by atoms with Gasteiger partial charge < -0.3 is 29.9 Å². The van der Waals surface area contributed by atoms with Crippen molar-refractivity contribution in [1.29, 1.82) is 0 Å². The Kier molecular flexibility index (Phi) is 14.9. The van der Waals surface area contributed by atoms with Gasteiger partial charge in [-0.05, 0) is 26.7 Å². The summed E-state index contributed by atoms with van der Waals surface area (Å²) in [6.07, 6.45) is 5.69. The normalized spacial score (nSPS) is 15.5. The third-order valence-corrected chi connectivity index (χ3v) is 4.55. The molecule has 144 valence electrons. The summed E-state index contributed by atoms with van der Waals surface area (Å²) in [4.78, 5) is 34.6. The number of carboxylic acid groups (broad SMARTS) is 2.